The van der Waals surface area contributed by atoms with Crippen LogP contribution in [0.5, 0.6) is 0 Å². The Morgan fingerprint density at radius 2 is 2.12 bits per heavy atom. The Labute approximate surface area is 105 Å². The van der Waals surface area contributed by atoms with E-state index >= 15 is 0 Å². The first-order valence-corrected chi connectivity index (χ1v) is 6.34. The van der Waals surface area contributed by atoms with Crippen molar-refractivity contribution in [2.45, 2.75) is 43.5 Å². The monoisotopic (exact) mass is 250 g/mol. The number of hydrogen-bond acceptors (Lipinski definition) is 2. The first-order chi connectivity index (χ1) is 8.01. The second-order valence-corrected chi connectivity index (χ2v) is 5.66. The van der Waals surface area contributed by atoms with Crippen LogP contribution in [0.15, 0.2) is 17.0 Å². The molecule has 1 aromatic carbocycles. The van der Waals surface area contributed by atoms with Crippen molar-refractivity contribution in [1.82, 2.24) is 9.55 Å². The van der Waals surface area contributed by atoms with Crippen LogP contribution in [0.3, 0.4) is 0 Å². The van der Waals surface area contributed by atoms with Crippen molar-refractivity contribution >= 4 is 23.7 Å². The predicted molar refractivity (Wildman–Crippen MR) is 69.2 cm³/mol. The van der Waals surface area contributed by atoms with Gasteiger partial charge in [0.25, 0.3) is 0 Å². The van der Waals surface area contributed by atoms with Gasteiger partial charge in [-0.05, 0) is 45.2 Å². The van der Waals surface area contributed by atoms with Gasteiger partial charge in [-0.25, -0.2) is 9.37 Å². The van der Waals surface area contributed by atoms with Gasteiger partial charge in [0.15, 0.2) is 5.82 Å². The number of thiol groups is 1. The molecule has 3 rings (SSSR count). The summed E-state index contributed by atoms with van der Waals surface area (Å²) < 4.78 is 16.0. The summed E-state index contributed by atoms with van der Waals surface area (Å²) in [5.74, 6) is 0.609. The van der Waals surface area contributed by atoms with E-state index in [2.05, 4.69) is 29.1 Å². The van der Waals surface area contributed by atoms with E-state index < -0.39 is 0 Å². The normalized spacial score (nSPS) is 18.4. The van der Waals surface area contributed by atoms with Gasteiger partial charge in [-0.1, -0.05) is 0 Å². The zero-order valence-corrected chi connectivity index (χ0v) is 10.9. The molecule has 17 heavy (non-hydrogen) atoms. The van der Waals surface area contributed by atoms with Gasteiger partial charge in [0.1, 0.15) is 11.3 Å². The van der Waals surface area contributed by atoms with E-state index in [1.54, 1.807) is 0 Å². The molecule has 0 bridgehead atoms. The van der Waals surface area contributed by atoms with Crippen molar-refractivity contribution < 1.29 is 4.39 Å². The van der Waals surface area contributed by atoms with E-state index in [0.717, 1.165) is 24.2 Å². The number of rotatable bonds is 1. The lowest BCUT2D eigenvalue weighted by Crippen LogP contribution is -2.37. The summed E-state index contributed by atoms with van der Waals surface area (Å²) >= 11 is 4.25. The molecule has 0 aliphatic heterocycles. The lowest BCUT2D eigenvalue weighted by molar-refractivity contribution is 0.171. The molecule has 1 aliphatic carbocycles. The summed E-state index contributed by atoms with van der Waals surface area (Å²) in [6.45, 7) is 4.16. The van der Waals surface area contributed by atoms with Gasteiger partial charge in [-0.15, -0.1) is 12.6 Å². The number of imidazole rings is 1. The maximum absolute atomic E-state index is 13.8. The zero-order valence-electron chi connectivity index (χ0n) is 10.00. The number of hydrogen-bond donors (Lipinski definition) is 1. The molecule has 1 saturated carbocycles. The van der Waals surface area contributed by atoms with Crippen molar-refractivity contribution in [3.05, 3.63) is 23.8 Å². The first kappa shape index (κ1) is 11.1. The SMILES string of the molecule is Cc1nc2c(F)cc(S)cc2n1C1(C)CCC1. The van der Waals surface area contributed by atoms with Gasteiger partial charge in [-0.2, -0.15) is 0 Å². The van der Waals surface area contributed by atoms with Crippen LogP contribution < -0.4 is 0 Å². The predicted octanol–water partition coefficient (Wildman–Crippen LogP) is 3.67. The highest BCUT2D eigenvalue weighted by atomic mass is 32.1. The molecule has 1 fully saturated rings. The van der Waals surface area contributed by atoms with Crippen molar-refractivity contribution in [3.8, 4) is 0 Å². The van der Waals surface area contributed by atoms with E-state index in [4.69, 9.17) is 0 Å². The summed E-state index contributed by atoms with van der Waals surface area (Å²) in [4.78, 5) is 5.01. The lowest BCUT2D eigenvalue weighted by atomic mass is 9.78. The zero-order chi connectivity index (χ0) is 12.2. The number of fused-ring (bicyclic) bond motifs is 1. The number of benzene rings is 1. The van der Waals surface area contributed by atoms with Crippen molar-refractivity contribution in [3.63, 3.8) is 0 Å². The van der Waals surface area contributed by atoms with Crippen LogP contribution in [0.1, 0.15) is 32.0 Å². The molecule has 0 spiro atoms. The molecule has 90 valence electrons. The molecule has 0 N–H and O–H groups in total. The van der Waals surface area contributed by atoms with Gasteiger partial charge < -0.3 is 4.57 Å². The largest absolute Gasteiger partial charge is 0.322 e. The molecule has 0 unspecified atom stereocenters. The van der Waals surface area contributed by atoms with Crippen LogP contribution in [-0.2, 0) is 5.54 Å². The maximum atomic E-state index is 13.8. The number of aryl methyl sites for hydroxylation is 1. The molecule has 0 saturated heterocycles. The lowest BCUT2D eigenvalue weighted by Gasteiger charge is -2.41. The summed E-state index contributed by atoms with van der Waals surface area (Å²) in [5, 5.41) is 0. The molecule has 0 radical (unpaired) electrons. The van der Waals surface area contributed by atoms with Crippen molar-refractivity contribution in [2.75, 3.05) is 0 Å². The summed E-state index contributed by atoms with van der Waals surface area (Å²) in [6.07, 6.45) is 3.51. The Bertz CT molecular complexity index is 599. The van der Waals surface area contributed by atoms with Crippen LogP contribution in [0.4, 0.5) is 4.39 Å². The molecular weight excluding hydrogens is 235 g/mol. The second-order valence-electron chi connectivity index (χ2n) is 5.14. The fourth-order valence-corrected chi connectivity index (χ4v) is 3.07. The van der Waals surface area contributed by atoms with Crippen molar-refractivity contribution in [1.29, 1.82) is 0 Å². The average molecular weight is 250 g/mol. The van der Waals surface area contributed by atoms with E-state index in [1.165, 1.54) is 12.5 Å². The van der Waals surface area contributed by atoms with Gasteiger partial charge in [0.2, 0.25) is 0 Å². The summed E-state index contributed by atoms with van der Waals surface area (Å²) in [7, 11) is 0. The Kier molecular flexibility index (Phi) is 2.27. The first-order valence-electron chi connectivity index (χ1n) is 5.89. The minimum absolute atomic E-state index is 0.104. The Hall–Kier alpha value is -1.03. The van der Waals surface area contributed by atoms with E-state index in [9.17, 15) is 4.39 Å². The Morgan fingerprint density at radius 3 is 2.71 bits per heavy atom. The molecule has 1 aliphatic rings. The number of aromatic nitrogens is 2. The molecule has 2 nitrogen and oxygen atoms in total. The van der Waals surface area contributed by atoms with Gasteiger partial charge in [0.05, 0.1) is 5.52 Å². The standard InChI is InChI=1S/C13H15FN2S/c1-8-15-12-10(14)6-9(17)7-11(12)16(8)13(2)4-3-5-13/h6-7,17H,3-5H2,1-2H3. The quantitative estimate of drug-likeness (QED) is 0.764. The average Bonchev–Trinajstić information content (AvgIpc) is 2.52. The maximum Gasteiger partial charge on any atom is 0.152 e. The second kappa shape index (κ2) is 3.48. The van der Waals surface area contributed by atoms with Crippen LogP contribution in [0.25, 0.3) is 11.0 Å². The van der Waals surface area contributed by atoms with Crippen LogP contribution >= 0.6 is 12.6 Å². The minimum atomic E-state index is -0.280. The van der Waals surface area contributed by atoms with E-state index in [0.29, 0.717) is 10.4 Å². The third kappa shape index (κ3) is 1.50. The van der Waals surface area contributed by atoms with Crippen LogP contribution in [0, 0.1) is 12.7 Å². The van der Waals surface area contributed by atoms with E-state index in [-0.39, 0.29) is 11.4 Å². The fraction of sp³-hybridized carbons (Fsp3) is 0.462. The Balaban J connectivity index is 2.34. The van der Waals surface area contributed by atoms with Crippen LogP contribution in [0.2, 0.25) is 0 Å². The smallest absolute Gasteiger partial charge is 0.152 e. The third-order valence-electron chi connectivity index (χ3n) is 3.84. The summed E-state index contributed by atoms with van der Waals surface area (Å²) in [5.41, 5.74) is 1.44. The highest BCUT2D eigenvalue weighted by Crippen LogP contribution is 2.42. The van der Waals surface area contributed by atoms with Gasteiger partial charge in [0, 0.05) is 10.4 Å². The molecular formula is C13H15FN2S. The fourth-order valence-electron chi connectivity index (χ4n) is 2.83. The molecule has 1 heterocycles. The highest BCUT2D eigenvalue weighted by molar-refractivity contribution is 7.80. The topological polar surface area (TPSA) is 17.8 Å². The molecule has 1 aromatic heterocycles. The van der Waals surface area contributed by atoms with Crippen molar-refractivity contribution in [2.24, 2.45) is 0 Å². The van der Waals surface area contributed by atoms with Gasteiger partial charge >= 0.3 is 0 Å². The highest BCUT2D eigenvalue weighted by Gasteiger charge is 2.36. The Morgan fingerprint density at radius 1 is 1.41 bits per heavy atom. The van der Waals surface area contributed by atoms with Crippen LogP contribution in [-0.4, -0.2) is 9.55 Å². The molecule has 0 atom stereocenters. The van der Waals surface area contributed by atoms with E-state index in [1.807, 2.05) is 13.0 Å². The third-order valence-corrected chi connectivity index (χ3v) is 4.09. The van der Waals surface area contributed by atoms with Gasteiger partial charge in [-0.3, -0.25) is 0 Å². The molecule has 4 heteroatoms. The molecule has 0 amide bonds. The minimum Gasteiger partial charge on any atom is -0.322 e. The summed E-state index contributed by atoms with van der Waals surface area (Å²) in [6, 6.07) is 3.33. The number of halogens is 1. The molecule has 2 aromatic rings. The number of nitrogens with zero attached hydrogens (tertiary/aromatic N) is 2.